The second-order valence-corrected chi connectivity index (χ2v) is 6.24. The quantitative estimate of drug-likeness (QED) is 0.898. The molecule has 0 saturated heterocycles. The molecule has 3 rings (SSSR count). The minimum absolute atomic E-state index is 0.0937. The molecule has 0 aromatic heterocycles. The zero-order valence-electron chi connectivity index (χ0n) is 12.4. The van der Waals surface area contributed by atoms with Gasteiger partial charge in [-0.2, -0.15) is 0 Å². The minimum atomic E-state index is 0.0937. The third-order valence-corrected chi connectivity index (χ3v) is 4.13. The van der Waals surface area contributed by atoms with E-state index < -0.39 is 0 Å². The lowest BCUT2D eigenvalue weighted by molar-refractivity contribution is 0.291. The van der Waals surface area contributed by atoms with Crippen LogP contribution in [0, 0.1) is 6.92 Å². The van der Waals surface area contributed by atoms with E-state index in [1.165, 1.54) is 27.8 Å². The van der Waals surface area contributed by atoms with Crippen LogP contribution < -0.4 is 10.5 Å². The van der Waals surface area contributed by atoms with Crippen molar-refractivity contribution in [3.05, 3.63) is 53.1 Å². The van der Waals surface area contributed by atoms with Crippen molar-refractivity contribution in [1.29, 1.82) is 0 Å². The molecule has 2 nitrogen and oxygen atoms in total. The summed E-state index contributed by atoms with van der Waals surface area (Å²) in [7, 11) is 0. The van der Waals surface area contributed by atoms with Crippen LogP contribution in [0.3, 0.4) is 0 Å². The van der Waals surface area contributed by atoms with E-state index >= 15 is 0 Å². The molecule has 0 atom stereocenters. The Morgan fingerprint density at radius 1 is 1.15 bits per heavy atom. The van der Waals surface area contributed by atoms with Crippen LogP contribution in [0.5, 0.6) is 5.75 Å². The largest absolute Gasteiger partial charge is 0.492 e. The van der Waals surface area contributed by atoms with Gasteiger partial charge in [0.1, 0.15) is 5.75 Å². The van der Waals surface area contributed by atoms with Crippen LogP contribution in [0.2, 0.25) is 0 Å². The van der Waals surface area contributed by atoms with Crippen molar-refractivity contribution < 1.29 is 4.74 Å². The van der Waals surface area contributed by atoms with Crippen LogP contribution >= 0.6 is 0 Å². The first-order valence-corrected chi connectivity index (χ1v) is 7.08. The van der Waals surface area contributed by atoms with Crippen LogP contribution in [-0.2, 0) is 12.0 Å². The van der Waals surface area contributed by atoms with Gasteiger partial charge in [0.2, 0.25) is 0 Å². The average molecular weight is 267 g/mol. The standard InChI is InChI=1S/C18H21NO/c1-12-8-13(10-19)4-6-15(12)14-5-7-17-16(9-14)18(2,3)11-20-17/h4-9H,10-11,19H2,1-3H3. The van der Waals surface area contributed by atoms with Crippen molar-refractivity contribution in [2.45, 2.75) is 32.7 Å². The second kappa shape index (κ2) is 4.64. The number of rotatable bonds is 2. The smallest absolute Gasteiger partial charge is 0.123 e. The first-order valence-electron chi connectivity index (χ1n) is 7.08. The molecular weight excluding hydrogens is 246 g/mol. The number of benzene rings is 2. The molecule has 0 radical (unpaired) electrons. The Kier molecular flexibility index (Phi) is 3.06. The average Bonchev–Trinajstić information content (AvgIpc) is 2.74. The van der Waals surface area contributed by atoms with E-state index in [-0.39, 0.29) is 5.41 Å². The normalized spacial score (nSPS) is 15.8. The summed E-state index contributed by atoms with van der Waals surface area (Å²) in [5, 5.41) is 0. The first-order chi connectivity index (χ1) is 9.51. The van der Waals surface area contributed by atoms with Crippen molar-refractivity contribution >= 4 is 0 Å². The predicted molar refractivity (Wildman–Crippen MR) is 83.0 cm³/mol. The van der Waals surface area contributed by atoms with Crippen LogP contribution in [0.4, 0.5) is 0 Å². The van der Waals surface area contributed by atoms with Gasteiger partial charge in [-0.3, -0.25) is 0 Å². The Morgan fingerprint density at radius 3 is 2.65 bits per heavy atom. The lowest BCUT2D eigenvalue weighted by atomic mass is 9.85. The van der Waals surface area contributed by atoms with Crippen molar-refractivity contribution in [2.75, 3.05) is 6.61 Å². The van der Waals surface area contributed by atoms with Gasteiger partial charge in [0.15, 0.2) is 0 Å². The van der Waals surface area contributed by atoms with Crippen LogP contribution in [0.1, 0.15) is 30.5 Å². The Labute approximate surface area is 120 Å². The third-order valence-electron chi connectivity index (χ3n) is 4.13. The molecular formula is C18H21NO. The zero-order chi connectivity index (χ0) is 14.3. The highest BCUT2D eigenvalue weighted by Gasteiger charge is 2.31. The number of hydrogen-bond donors (Lipinski definition) is 1. The highest BCUT2D eigenvalue weighted by molar-refractivity contribution is 5.70. The lowest BCUT2D eigenvalue weighted by Gasteiger charge is -2.16. The van der Waals surface area contributed by atoms with Crippen molar-refractivity contribution in [2.24, 2.45) is 5.73 Å². The Balaban J connectivity index is 2.08. The van der Waals surface area contributed by atoms with Crippen molar-refractivity contribution in [1.82, 2.24) is 0 Å². The van der Waals surface area contributed by atoms with Gasteiger partial charge in [-0.15, -0.1) is 0 Å². The molecule has 0 aliphatic carbocycles. The van der Waals surface area contributed by atoms with Crippen LogP contribution in [0.25, 0.3) is 11.1 Å². The molecule has 2 aromatic rings. The summed E-state index contributed by atoms with van der Waals surface area (Å²) in [6.07, 6.45) is 0. The van der Waals surface area contributed by atoms with E-state index in [1.807, 2.05) is 0 Å². The number of hydrogen-bond acceptors (Lipinski definition) is 2. The molecule has 0 bridgehead atoms. The SMILES string of the molecule is Cc1cc(CN)ccc1-c1ccc2c(c1)C(C)(C)CO2. The van der Waals surface area contributed by atoms with Gasteiger partial charge < -0.3 is 10.5 Å². The topological polar surface area (TPSA) is 35.2 Å². The fourth-order valence-electron chi connectivity index (χ4n) is 2.86. The lowest BCUT2D eigenvalue weighted by Crippen LogP contribution is -2.18. The number of nitrogens with two attached hydrogens (primary N) is 1. The minimum Gasteiger partial charge on any atom is -0.492 e. The van der Waals surface area contributed by atoms with E-state index in [1.54, 1.807) is 0 Å². The predicted octanol–water partition coefficient (Wildman–Crippen LogP) is 3.79. The maximum atomic E-state index is 5.75. The first kappa shape index (κ1) is 13.2. The van der Waals surface area contributed by atoms with Gasteiger partial charge in [-0.25, -0.2) is 0 Å². The molecule has 2 N–H and O–H groups in total. The van der Waals surface area contributed by atoms with Crippen molar-refractivity contribution in [3.8, 4) is 16.9 Å². The molecule has 1 aliphatic heterocycles. The van der Waals surface area contributed by atoms with E-state index in [4.69, 9.17) is 10.5 Å². The molecule has 2 aromatic carbocycles. The molecule has 0 saturated carbocycles. The highest BCUT2D eigenvalue weighted by Crippen LogP contribution is 2.40. The molecule has 1 heterocycles. The molecule has 0 amide bonds. The molecule has 0 spiro atoms. The van der Waals surface area contributed by atoms with Gasteiger partial charge in [0.05, 0.1) is 6.61 Å². The maximum absolute atomic E-state index is 5.75. The fourth-order valence-corrected chi connectivity index (χ4v) is 2.86. The Bertz CT molecular complexity index is 658. The molecule has 104 valence electrons. The summed E-state index contributed by atoms with van der Waals surface area (Å²) in [6, 6.07) is 13.0. The molecule has 1 aliphatic rings. The number of fused-ring (bicyclic) bond motifs is 1. The highest BCUT2D eigenvalue weighted by atomic mass is 16.5. The summed E-state index contributed by atoms with van der Waals surface area (Å²) in [5.74, 6) is 1.02. The van der Waals surface area contributed by atoms with E-state index in [2.05, 4.69) is 57.2 Å². The van der Waals surface area contributed by atoms with Gasteiger partial charge in [0.25, 0.3) is 0 Å². The summed E-state index contributed by atoms with van der Waals surface area (Å²) >= 11 is 0. The number of ether oxygens (including phenoxy) is 1. The molecule has 0 unspecified atom stereocenters. The summed E-state index contributed by atoms with van der Waals surface area (Å²) in [5.41, 5.74) is 12.1. The molecule has 0 fully saturated rings. The summed E-state index contributed by atoms with van der Waals surface area (Å²) in [6.45, 7) is 7.95. The monoisotopic (exact) mass is 267 g/mol. The van der Waals surface area contributed by atoms with Crippen LogP contribution in [-0.4, -0.2) is 6.61 Å². The summed E-state index contributed by atoms with van der Waals surface area (Å²) < 4.78 is 5.75. The third kappa shape index (κ3) is 2.10. The van der Waals surface area contributed by atoms with Crippen LogP contribution in [0.15, 0.2) is 36.4 Å². The summed E-state index contributed by atoms with van der Waals surface area (Å²) in [4.78, 5) is 0. The second-order valence-electron chi connectivity index (χ2n) is 6.24. The number of aryl methyl sites for hydroxylation is 1. The Morgan fingerprint density at radius 2 is 1.95 bits per heavy atom. The van der Waals surface area contributed by atoms with E-state index in [9.17, 15) is 0 Å². The zero-order valence-corrected chi connectivity index (χ0v) is 12.4. The van der Waals surface area contributed by atoms with Crippen molar-refractivity contribution in [3.63, 3.8) is 0 Å². The molecule has 2 heteroatoms. The molecule has 20 heavy (non-hydrogen) atoms. The van der Waals surface area contributed by atoms with Gasteiger partial charge in [-0.1, -0.05) is 38.1 Å². The van der Waals surface area contributed by atoms with Gasteiger partial charge in [0, 0.05) is 17.5 Å². The van der Waals surface area contributed by atoms with Gasteiger partial charge >= 0.3 is 0 Å². The van der Waals surface area contributed by atoms with E-state index in [0.29, 0.717) is 6.54 Å². The Hall–Kier alpha value is -1.80. The maximum Gasteiger partial charge on any atom is 0.123 e. The van der Waals surface area contributed by atoms with Gasteiger partial charge in [-0.05, 0) is 41.3 Å². The fraction of sp³-hybridized carbons (Fsp3) is 0.333. The van der Waals surface area contributed by atoms with E-state index in [0.717, 1.165) is 12.4 Å².